The third-order valence-corrected chi connectivity index (χ3v) is 3.81. The van der Waals surface area contributed by atoms with Gasteiger partial charge in [-0.05, 0) is 37.9 Å². The fourth-order valence-electron chi connectivity index (χ4n) is 2.11. The second-order valence-corrected chi connectivity index (χ2v) is 5.34. The quantitative estimate of drug-likeness (QED) is 0.834. The molecule has 1 unspecified atom stereocenters. The highest BCUT2D eigenvalue weighted by atomic mass is 35.5. The van der Waals surface area contributed by atoms with Crippen LogP contribution in [0.4, 0.5) is 0 Å². The molecule has 1 atom stereocenters. The van der Waals surface area contributed by atoms with Gasteiger partial charge in [0.15, 0.2) is 5.78 Å². The summed E-state index contributed by atoms with van der Waals surface area (Å²) < 4.78 is 0. The van der Waals surface area contributed by atoms with Crippen LogP contribution in [0, 0.1) is 0 Å². The van der Waals surface area contributed by atoms with Crippen molar-refractivity contribution in [2.75, 3.05) is 26.7 Å². The average Bonchev–Trinajstić information content (AvgIpc) is 2.88. The van der Waals surface area contributed by atoms with Crippen LogP contribution in [0.25, 0.3) is 0 Å². The summed E-state index contributed by atoms with van der Waals surface area (Å²) in [5.41, 5.74) is 0. The van der Waals surface area contributed by atoms with Crippen molar-refractivity contribution in [1.82, 2.24) is 10.2 Å². The summed E-state index contributed by atoms with van der Waals surface area (Å²) in [5, 5.41) is 5.40. The van der Waals surface area contributed by atoms with Gasteiger partial charge in [-0.2, -0.15) is 0 Å². The van der Waals surface area contributed by atoms with Crippen molar-refractivity contribution >= 4 is 29.5 Å². The van der Waals surface area contributed by atoms with Crippen molar-refractivity contribution in [3.63, 3.8) is 0 Å². The van der Waals surface area contributed by atoms with Crippen molar-refractivity contribution < 1.29 is 4.79 Å². The Morgan fingerprint density at radius 1 is 1.65 bits per heavy atom. The van der Waals surface area contributed by atoms with Gasteiger partial charge in [0.2, 0.25) is 0 Å². The number of rotatable bonds is 5. The fraction of sp³-hybridized carbons (Fsp3) is 0.583. The van der Waals surface area contributed by atoms with Gasteiger partial charge in [-0.15, -0.1) is 23.7 Å². The summed E-state index contributed by atoms with van der Waals surface area (Å²) in [4.78, 5) is 14.8. The standard InChI is InChI=1S/C12H18N2OS.ClH/c1-14(8-10-4-2-6-13-10)9-11(15)12-5-3-7-16-12;/h3,5,7,10,13H,2,4,6,8-9H2,1H3;1H. The van der Waals surface area contributed by atoms with Gasteiger partial charge in [-0.1, -0.05) is 6.07 Å². The third-order valence-electron chi connectivity index (χ3n) is 2.90. The molecule has 96 valence electrons. The van der Waals surface area contributed by atoms with E-state index in [1.165, 1.54) is 24.2 Å². The van der Waals surface area contributed by atoms with E-state index < -0.39 is 0 Å². The number of Topliss-reactive ketones (excluding diaryl/α,β-unsaturated/α-hetero) is 1. The van der Waals surface area contributed by atoms with Crippen LogP contribution < -0.4 is 5.32 Å². The Morgan fingerprint density at radius 3 is 3.06 bits per heavy atom. The molecule has 0 saturated carbocycles. The predicted molar refractivity (Wildman–Crippen MR) is 74.4 cm³/mol. The Bertz CT molecular complexity index is 336. The van der Waals surface area contributed by atoms with E-state index in [2.05, 4.69) is 10.2 Å². The zero-order chi connectivity index (χ0) is 11.4. The summed E-state index contributed by atoms with van der Waals surface area (Å²) in [7, 11) is 2.02. The van der Waals surface area contributed by atoms with Gasteiger partial charge in [0.25, 0.3) is 0 Å². The van der Waals surface area contributed by atoms with E-state index >= 15 is 0 Å². The van der Waals surface area contributed by atoms with E-state index in [1.807, 2.05) is 24.6 Å². The number of carbonyl (C=O) groups is 1. The maximum absolute atomic E-state index is 11.8. The molecular formula is C12H19ClN2OS. The minimum atomic E-state index is 0. The van der Waals surface area contributed by atoms with E-state index in [-0.39, 0.29) is 18.2 Å². The summed E-state index contributed by atoms with van der Waals surface area (Å²) in [5.74, 6) is 0.232. The Labute approximate surface area is 113 Å². The number of nitrogens with zero attached hydrogens (tertiary/aromatic N) is 1. The smallest absolute Gasteiger partial charge is 0.186 e. The molecular weight excluding hydrogens is 256 g/mol. The van der Waals surface area contributed by atoms with E-state index in [0.717, 1.165) is 18.0 Å². The molecule has 1 N–H and O–H groups in total. The third kappa shape index (κ3) is 4.39. The van der Waals surface area contributed by atoms with Gasteiger partial charge in [-0.3, -0.25) is 9.69 Å². The number of thiophene rings is 1. The molecule has 1 aromatic rings. The first-order valence-electron chi connectivity index (χ1n) is 5.74. The first-order valence-corrected chi connectivity index (χ1v) is 6.62. The SMILES string of the molecule is CN(CC(=O)c1cccs1)CC1CCCN1.Cl. The topological polar surface area (TPSA) is 32.3 Å². The Kier molecular flexibility index (Phi) is 6.12. The van der Waals surface area contributed by atoms with Gasteiger partial charge < -0.3 is 5.32 Å². The van der Waals surface area contributed by atoms with Gasteiger partial charge in [0.05, 0.1) is 11.4 Å². The molecule has 1 aromatic heterocycles. The Balaban J connectivity index is 0.00000144. The largest absolute Gasteiger partial charge is 0.313 e. The molecule has 2 rings (SSSR count). The van der Waals surface area contributed by atoms with Crippen LogP contribution in [-0.4, -0.2) is 43.4 Å². The lowest BCUT2D eigenvalue weighted by Crippen LogP contribution is -2.37. The van der Waals surface area contributed by atoms with Crippen molar-refractivity contribution in [2.24, 2.45) is 0 Å². The zero-order valence-electron chi connectivity index (χ0n) is 10.0. The summed E-state index contributed by atoms with van der Waals surface area (Å²) in [6.45, 7) is 2.62. The first kappa shape index (κ1) is 14.6. The van der Waals surface area contributed by atoms with Gasteiger partial charge in [0.1, 0.15) is 0 Å². The molecule has 1 fully saturated rings. The number of halogens is 1. The number of hydrogen-bond acceptors (Lipinski definition) is 4. The molecule has 0 radical (unpaired) electrons. The molecule has 5 heteroatoms. The normalized spacial score (nSPS) is 19.3. The zero-order valence-corrected chi connectivity index (χ0v) is 11.6. The van der Waals surface area contributed by atoms with Crippen molar-refractivity contribution in [2.45, 2.75) is 18.9 Å². The second kappa shape index (κ2) is 7.11. The predicted octanol–water partition coefficient (Wildman–Crippen LogP) is 2.04. The van der Waals surface area contributed by atoms with Crippen LogP contribution in [0.2, 0.25) is 0 Å². The molecule has 0 amide bonds. The number of likely N-dealkylation sites (N-methyl/N-ethyl adjacent to an activating group) is 1. The minimum absolute atomic E-state index is 0. The lowest BCUT2D eigenvalue weighted by molar-refractivity contribution is 0.0946. The Hall–Kier alpha value is -0.420. The molecule has 3 nitrogen and oxygen atoms in total. The van der Waals surface area contributed by atoms with Crippen LogP contribution in [-0.2, 0) is 0 Å². The second-order valence-electron chi connectivity index (χ2n) is 4.39. The fourth-order valence-corrected chi connectivity index (χ4v) is 2.77. The molecule has 17 heavy (non-hydrogen) atoms. The first-order chi connectivity index (χ1) is 7.75. The minimum Gasteiger partial charge on any atom is -0.313 e. The number of hydrogen-bond donors (Lipinski definition) is 1. The molecule has 2 heterocycles. The van der Waals surface area contributed by atoms with Crippen LogP contribution in [0.1, 0.15) is 22.5 Å². The van der Waals surface area contributed by atoms with Crippen molar-refractivity contribution in [3.05, 3.63) is 22.4 Å². The van der Waals surface area contributed by atoms with Gasteiger partial charge >= 0.3 is 0 Å². The highest BCUT2D eigenvalue weighted by Gasteiger charge is 2.17. The van der Waals surface area contributed by atoms with E-state index in [1.54, 1.807) is 0 Å². The lowest BCUT2D eigenvalue weighted by atomic mass is 10.2. The van der Waals surface area contributed by atoms with E-state index in [4.69, 9.17) is 0 Å². The molecule has 0 aliphatic carbocycles. The van der Waals surface area contributed by atoms with Crippen molar-refractivity contribution in [3.8, 4) is 0 Å². The molecule has 0 bridgehead atoms. The van der Waals surface area contributed by atoms with Crippen molar-refractivity contribution in [1.29, 1.82) is 0 Å². The van der Waals surface area contributed by atoms with E-state index in [0.29, 0.717) is 12.6 Å². The van der Waals surface area contributed by atoms with Gasteiger partial charge in [-0.25, -0.2) is 0 Å². The number of ketones is 1. The van der Waals surface area contributed by atoms with Crippen LogP contribution >= 0.6 is 23.7 Å². The van der Waals surface area contributed by atoms with Crippen LogP contribution in [0.15, 0.2) is 17.5 Å². The maximum atomic E-state index is 11.8. The summed E-state index contributed by atoms with van der Waals surface area (Å²) in [6, 6.07) is 4.39. The number of carbonyl (C=O) groups excluding carboxylic acids is 1. The maximum Gasteiger partial charge on any atom is 0.186 e. The highest BCUT2D eigenvalue weighted by molar-refractivity contribution is 7.12. The monoisotopic (exact) mass is 274 g/mol. The van der Waals surface area contributed by atoms with Crippen LogP contribution in [0.5, 0.6) is 0 Å². The highest BCUT2D eigenvalue weighted by Crippen LogP contribution is 2.11. The van der Waals surface area contributed by atoms with E-state index in [9.17, 15) is 4.79 Å². The molecule has 0 spiro atoms. The lowest BCUT2D eigenvalue weighted by Gasteiger charge is -2.19. The molecule has 1 aliphatic heterocycles. The average molecular weight is 275 g/mol. The Morgan fingerprint density at radius 2 is 2.47 bits per heavy atom. The molecule has 1 saturated heterocycles. The van der Waals surface area contributed by atoms with Crippen LogP contribution in [0.3, 0.4) is 0 Å². The van der Waals surface area contributed by atoms with Gasteiger partial charge in [0, 0.05) is 12.6 Å². The summed E-state index contributed by atoms with van der Waals surface area (Å²) >= 11 is 1.52. The number of nitrogens with one attached hydrogen (secondary N) is 1. The summed E-state index contributed by atoms with van der Waals surface area (Å²) in [6.07, 6.45) is 2.49. The molecule has 0 aromatic carbocycles. The molecule has 1 aliphatic rings.